The van der Waals surface area contributed by atoms with E-state index in [4.69, 9.17) is 11.6 Å². The lowest BCUT2D eigenvalue weighted by Crippen LogP contribution is -2.27. The Labute approximate surface area is 190 Å². The lowest BCUT2D eigenvalue weighted by atomic mass is 10.1. The van der Waals surface area contributed by atoms with Crippen LogP contribution in [0.2, 0.25) is 4.34 Å². The maximum atomic E-state index is 14.8. The van der Waals surface area contributed by atoms with Crippen LogP contribution in [0.1, 0.15) is 65.9 Å². The zero-order chi connectivity index (χ0) is 22.1. The molecule has 6 heteroatoms. The van der Waals surface area contributed by atoms with E-state index in [1.807, 2.05) is 12.1 Å². The third-order valence-corrected chi connectivity index (χ3v) is 6.37. The predicted molar refractivity (Wildman–Crippen MR) is 130 cm³/mol. The van der Waals surface area contributed by atoms with Gasteiger partial charge >= 0.3 is 0 Å². The van der Waals surface area contributed by atoms with Crippen LogP contribution in [-0.2, 0) is 6.42 Å². The molecule has 0 unspecified atom stereocenters. The fourth-order valence-corrected chi connectivity index (χ4v) is 4.20. The van der Waals surface area contributed by atoms with Crippen molar-refractivity contribution in [3.05, 3.63) is 40.0 Å². The Morgan fingerprint density at radius 2 is 1.70 bits per heavy atom. The van der Waals surface area contributed by atoms with Crippen molar-refractivity contribution in [1.29, 1.82) is 0 Å². The highest BCUT2D eigenvalue weighted by Crippen LogP contribution is 2.36. The largest absolute Gasteiger partial charge is 0.371 e. The molecule has 0 spiro atoms. The van der Waals surface area contributed by atoms with Crippen LogP contribution in [0, 0.1) is 17.7 Å². The Bertz CT molecular complexity index is 805. The van der Waals surface area contributed by atoms with Gasteiger partial charge in [0.1, 0.15) is 10.7 Å². The number of hydrogen-bond acceptors (Lipinski definition) is 4. The topological polar surface area (TPSA) is 28.0 Å². The summed E-state index contributed by atoms with van der Waals surface area (Å²) >= 11 is 7.68. The maximum Gasteiger partial charge on any atom is 0.152 e. The molecule has 0 bridgehead atoms. The third-order valence-electron chi connectivity index (χ3n) is 5.05. The molecule has 0 aliphatic heterocycles. The highest BCUT2D eigenvalue weighted by Gasteiger charge is 2.12. The van der Waals surface area contributed by atoms with Gasteiger partial charge < -0.3 is 4.90 Å². The van der Waals surface area contributed by atoms with E-state index < -0.39 is 0 Å². The van der Waals surface area contributed by atoms with E-state index in [9.17, 15) is 4.39 Å². The zero-order valence-corrected chi connectivity index (χ0v) is 20.5. The number of hydrogen-bond donors (Lipinski definition) is 0. The number of nitrogens with zero attached hydrogens (tertiary/aromatic N) is 3. The Morgan fingerprint density at radius 1 is 1.03 bits per heavy atom. The Kier molecular flexibility index (Phi) is 10.3. The molecule has 0 radical (unpaired) electrons. The molecule has 1 aromatic heterocycles. The molecule has 0 saturated carbocycles. The summed E-state index contributed by atoms with van der Waals surface area (Å²) in [5, 5.41) is 9.08. The van der Waals surface area contributed by atoms with E-state index in [1.165, 1.54) is 11.3 Å². The minimum absolute atomic E-state index is 0.256. The monoisotopic (exact) mass is 451 g/mol. The molecule has 0 aliphatic rings. The van der Waals surface area contributed by atoms with Crippen LogP contribution in [0.3, 0.4) is 0 Å². The number of halogens is 2. The highest BCUT2D eigenvalue weighted by atomic mass is 35.5. The van der Waals surface area contributed by atoms with Crippen molar-refractivity contribution in [2.75, 3.05) is 18.0 Å². The molecule has 2 aromatic rings. The number of thiophene rings is 1. The number of aryl methyl sites for hydroxylation is 1. The minimum Gasteiger partial charge on any atom is -0.371 e. The fraction of sp³-hybridized carbons (Fsp3) is 0.583. The molecule has 0 saturated heterocycles. The van der Waals surface area contributed by atoms with Gasteiger partial charge in [0.05, 0.1) is 4.34 Å². The molecule has 0 aliphatic carbocycles. The summed E-state index contributed by atoms with van der Waals surface area (Å²) in [6, 6.07) is 7.21. The van der Waals surface area contributed by atoms with E-state index in [2.05, 4.69) is 49.7 Å². The Hall–Kier alpha value is -1.46. The van der Waals surface area contributed by atoms with E-state index in [0.717, 1.165) is 60.8 Å². The van der Waals surface area contributed by atoms with Crippen molar-refractivity contribution >= 4 is 39.3 Å². The van der Waals surface area contributed by atoms with Crippen LogP contribution in [0.4, 0.5) is 20.8 Å². The lowest BCUT2D eigenvalue weighted by molar-refractivity contribution is 0.534. The normalized spacial score (nSPS) is 11.9. The van der Waals surface area contributed by atoms with Gasteiger partial charge in [0, 0.05) is 18.8 Å². The number of rotatable bonds is 12. The van der Waals surface area contributed by atoms with Gasteiger partial charge in [-0.05, 0) is 67.3 Å². The predicted octanol–water partition coefficient (Wildman–Crippen LogP) is 9.20. The molecule has 30 heavy (non-hydrogen) atoms. The van der Waals surface area contributed by atoms with E-state index in [0.29, 0.717) is 16.8 Å². The van der Waals surface area contributed by atoms with Gasteiger partial charge in [-0.15, -0.1) is 21.6 Å². The fourth-order valence-electron chi connectivity index (χ4n) is 3.05. The molecule has 1 aromatic carbocycles. The average Bonchev–Trinajstić information content (AvgIpc) is 3.04. The van der Waals surface area contributed by atoms with Crippen LogP contribution in [0.15, 0.2) is 34.5 Å². The molecule has 3 nitrogen and oxygen atoms in total. The Balaban J connectivity index is 2.13. The first-order valence-electron chi connectivity index (χ1n) is 11.0. The zero-order valence-electron chi connectivity index (χ0n) is 18.9. The molecule has 0 N–H and O–H groups in total. The van der Waals surface area contributed by atoms with Crippen molar-refractivity contribution in [2.45, 2.75) is 66.7 Å². The van der Waals surface area contributed by atoms with Gasteiger partial charge in [0.2, 0.25) is 0 Å². The molecular weight excluding hydrogens is 417 g/mol. The number of anilines is 1. The van der Waals surface area contributed by atoms with Gasteiger partial charge in [0.25, 0.3) is 0 Å². The lowest BCUT2D eigenvalue weighted by Gasteiger charge is -2.26. The maximum absolute atomic E-state index is 14.8. The van der Waals surface area contributed by atoms with E-state index >= 15 is 0 Å². The van der Waals surface area contributed by atoms with Gasteiger partial charge in [-0.2, -0.15) is 0 Å². The molecule has 0 amide bonds. The van der Waals surface area contributed by atoms with Crippen molar-refractivity contribution in [3.8, 4) is 0 Å². The minimum atomic E-state index is -0.343. The summed E-state index contributed by atoms with van der Waals surface area (Å²) in [7, 11) is 0. The van der Waals surface area contributed by atoms with Crippen molar-refractivity contribution < 1.29 is 4.39 Å². The standard InChI is InChI=1S/C24H35ClFN3S/c1-6-7-8-19-15-23(30-24(19)25)28-27-22-10-9-20(16-21(22)26)29(13-11-17(2)3)14-12-18(4)5/h9-10,15-18H,6-8,11-14H2,1-5H3/b28-27+. The molecule has 166 valence electrons. The number of benzene rings is 1. The van der Waals surface area contributed by atoms with Crippen LogP contribution in [-0.4, -0.2) is 13.1 Å². The summed E-state index contributed by atoms with van der Waals surface area (Å²) < 4.78 is 15.5. The summed E-state index contributed by atoms with van der Waals surface area (Å²) in [5.74, 6) is 0.887. The van der Waals surface area contributed by atoms with Gasteiger partial charge in [0.15, 0.2) is 5.82 Å². The van der Waals surface area contributed by atoms with Crippen LogP contribution in [0.25, 0.3) is 0 Å². The van der Waals surface area contributed by atoms with Crippen LogP contribution >= 0.6 is 22.9 Å². The van der Waals surface area contributed by atoms with Gasteiger partial charge in [-0.25, -0.2) is 4.39 Å². The third kappa shape index (κ3) is 7.99. The number of azo groups is 1. The number of unbranched alkanes of at least 4 members (excludes halogenated alkanes) is 1. The second kappa shape index (κ2) is 12.4. The average molecular weight is 452 g/mol. The van der Waals surface area contributed by atoms with Crippen molar-refractivity contribution in [2.24, 2.45) is 22.1 Å². The van der Waals surface area contributed by atoms with Gasteiger partial charge in [-0.3, -0.25) is 0 Å². The SMILES string of the molecule is CCCCc1cc(/N=N/c2ccc(N(CCC(C)C)CCC(C)C)cc2F)sc1Cl. The summed E-state index contributed by atoms with van der Waals surface area (Å²) in [4.78, 5) is 2.28. The molecule has 0 fully saturated rings. The van der Waals surface area contributed by atoms with Crippen molar-refractivity contribution in [1.82, 2.24) is 0 Å². The van der Waals surface area contributed by atoms with E-state index in [1.54, 1.807) is 12.1 Å². The summed E-state index contributed by atoms with van der Waals surface area (Å²) in [5.41, 5.74) is 2.26. The van der Waals surface area contributed by atoms with E-state index in [-0.39, 0.29) is 11.5 Å². The first-order chi connectivity index (χ1) is 14.3. The molecular formula is C24H35ClFN3S. The van der Waals surface area contributed by atoms with Crippen LogP contribution < -0.4 is 4.90 Å². The van der Waals surface area contributed by atoms with Gasteiger partial charge in [-0.1, -0.05) is 52.6 Å². The quantitative estimate of drug-likeness (QED) is 0.295. The second-order valence-corrected chi connectivity index (χ2v) is 10.3. The molecule has 2 rings (SSSR count). The highest BCUT2D eigenvalue weighted by molar-refractivity contribution is 7.19. The second-order valence-electron chi connectivity index (χ2n) is 8.67. The Morgan fingerprint density at radius 3 is 2.27 bits per heavy atom. The smallest absolute Gasteiger partial charge is 0.152 e. The van der Waals surface area contributed by atoms with Crippen molar-refractivity contribution in [3.63, 3.8) is 0 Å². The first-order valence-corrected chi connectivity index (χ1v) is 12.2. The molecule has 0 atom stereocenters. The summed E-state index contributed by atoms with van der Waals surface area (Å²) in [6.45, 7) is 12.9. The molecule has 1 heterocycles. The summed E-state index contributed by atoms with van der Waals surface area (Å²) in [6.07, 6.45) is 5.31. The first kappa shape index (κ1) is 24.8. The van der Waals surface area contributed by atoms with Crippen LogP contribution in [0.5, 0.6) is 0 Å².